The number of rotatable bonds is 2. The molecule has 0 fully saturated rings. The highest BCUT2D eigenvalue weighted by atomic mass is 35.5. The van der Waals surface area contributed by atoms with Crippen molar-refractivity contribution < 1.29 is 4.79 Å². The zero-order valence-electron chi connectivity index (χ0n) is 9.75. The Morgan fingerprint density at radius 3 is 2.58 bits per heavy atom. The average molecular weight is 317 g/mol. The molecule has 0 bridgehead atoms. The molecule has 0 saturated heterocycles. The molecule has 0 unspecified atom stereocenters. The molecular weight excluding hydrogens is 309 g/mol. The van der Waals surface area contributed by atoms with E-state index in [-0.39, 0.29) is 10.8 Å². The number of nitrogens with one attached hydrogen (secondary N) is 1. The third-order valence-electron chi connectivity index (χ3n) is 2.33. The molecule has 0 radical (unpaired) electrons. The monoisotopic (exact) mass is 315 g/mol. The number of hydrogen-bond donors (Lipinski definition) is 1. The summed E-state index contributed by atoms with van der Waals surface area (Å²) in [7, 11) is 0. The smallest absolute Gasteiger partial charge is 0.275 e. The van der Waals surface area contributed by atoms with Crippen LogP contribution in [0.1, 0.15) is 16.1 Å². The first-order valence-corrected chi connectivity index (χ1v) is 6.35. The third kappa shape index (κ3) is 3.35. The maximum absolute atomic E-state index is 11.9. The van der Waals surface area contributed by atoms with Gasteiger partial charge in [-0.1, -0.05) is 34.8 Å². The first kappa shape index (κ1) is 14.1. The van der Waals surface area contributed by atoms with Crippen molar-refractivity contribution in [3.8, 4) is 0 Å². The Labute approximate surface area is 124 Å². The lowest BCUT2D eigenvalue weighted by Gasteiger charge is -2.08. The minimum absolute atomic E-state index is 0.0975. The molecule has 1 aromatic carbocycles. The highest BCUT2D eigenvalue weighted by Crippen LogP contribution is 2.29. The maximum Gasteiger partial charge on any atom is 0.275 e. The van der Waals surface area contributed by atoms with E-state index in [2.05, 4.69) is 15.3 Å². The molecule has 0 aliphatic carbocycles. The zero-order valence-corrected chi connectivity index (χ0v) is 12.0. The first-order chi connectivity index (χ1) is 8.97. The summed E-state index contributed by atoms with van der Waals surface area (Å²) in [6.07, 6.45) is 2.65. The zero-order chi connectivity index (χ0) is 14.0. The summed E-state index contributed by atoms with van der Waals surface area (Å²) in [4.78, 5) is 19.6. The molecule has 0 saturated carbocycles. The van der Waals surface area contributed by atoms with Crippen molar-refractivity contribution in [3.63, 3.8) is 0 Å². The molecule has 2 rings (SSSR count). The average Bonchev–Trinajstić information content (AvgIpc) is 2.36. The highest BCUT2D eigenvalue weighted by Gasteiger charge is 2.12. The summed E-state index contributed by atoms with van der Waals surface area (Å²) < 4.78 is 0. The van der Waals surface area contributed by atoms with Gasteiger partial charge in [0.1, 0.15) is 10.8 Å². The van der Waals surface area contributed by atoms with Gasteiger partial charge in [0, 0.05) is 5.02 Å². The Hall–Kier alpha value is -1.36. The number of amides is 1. The van der Waals surface area contributed by atoms with Crippen LogP contribution in [0.15, 0.2) is 24.5 Å². The molecule has 0 spiro atoms. The van der Waals surface area contributed by atoms with E-state index in [1.54, 1.807) is 12.1 Å². The van der Waals surface area contributed by atoms with Gasteiger partial charge >= 0.3 is 0 Å². The topological polar surface area (TPSA) is 54.9 Å². The fourth-order valence-electron chi connectivity index (χ4n) is 1.38. The lowest BCUT2D eigenvalue weighted by Crippen LogP contribution is -2.14. The predicted octanol–water partition coefficient (Wildman–Crippen LogP) is 4.00. The van der Waals surface area contributed by atoms with Gasteiger partial charge in [-0.2, -0.15) is 0 Å². The van der Waals surface area contributed by atoms with Gasteiger partial charge in [0.2, 0.25) is 0 Å². The van der Waals surface area contributed by atoms with E-state index < -0.39 is 5.91 Å². The second-order valence-corrected chi connectivity index (χ2v) is 4.96. The minimum Gasteiger partial charge on any atom is -0.319 e. The van der Waals surface area contributed by atoms with Crippen molar-refractivity contribution in [3.05, 3.63) is 51.0 Å². The molecule has 98 valence electrons. The van der Waals surface area contributed by atoms with E-state index in [0.717, 1.165) is 5.56 Å². The van der Waals surface area contributed by atoms with Crippen molar-refractivity contribution in [2.75, 3.05) is 5.32 Å². The molecule has 19 heavy (non-hydrogen) atoms. The number of carbonyl (C=O) groups excluding carboxylic acids is 1. The van der Waals surface area contributed by atoms with Crippen LogP contribution in [0.3, 0.4) is 0 Å². The Morgan fingerprint density at radius 1 is 1.16 bits per heavy atom. The van der Waals surface area contributed by atoms with Crippen molar-refractivity contribution in [2.24, 2.45) is 0 Å². The van der Waals surface area contributed by atoms with Crippen molar-refractivity contribution >= 4 is 46.4 Å². The van der Waals surface area contributed by atoms with Gasteiger partial charge in [0.25, 0.3) is 5.91 Å². The second-order valence-electron chi connectivity index (χ2n) is 3.76. The van der Waals surface area contributed by atoms with Crippen LogP contribution in [0.2, 0.25) is 15.2 Å². The van der Waals surface area contributed by atoms with Gasteiger partial charge in [0.05, 0.1) is 23.1 Å². The van der Waals surface area contributed by atoms with E-state index in [9.17, 15) is 4.79 Å². The largest absolute Gasteiger partial charge is 0.319 e. The fourth-order valence-corrected chi connectivity index (χ4v) is 1.96. The van der Waals surface area contributed by atoms with E-state index in [1.165, 1.54) is 12.4 Å². The number of halogens is 3. The van der Waals surface area contributed by atoms with Gasteiger partial charge in [0.15, 0.2) is 0 Å². The SMILES string of the molecule is Cc1cc(Cl)c(NC(=O)c2cncc(Cl)n2)cc1Cl. The normalized spacial score (nSPS) is 10.3. The van der Waals surface area contributed by atoms with Crippen molar-refractivity contribution in [1.29, 1.82) is 0 Å². The third-order valence-corrected chi connectivity index (χ3v) is 3.24. The molecule has 4 nitrogen and oxygen atoms in total. The van der Waals surface area contributed by atoms with Gasteiger partial charge in [-0.15, -0.1) is 0 Å². The van der Waals surface area contributed by atoms with Gasteiger partial charge in [-0.3, -0.25) is 9.78 Å². The van der Waals surface area contributed by atoms with E-state index in [0.29, 0.717) is 15.7 Å². The van der Waals surface area contributed by atoms with E-state index in [4.69, 9.17) is 34.8 Å². The standard InChI is InChI=1S/C12H8Cl3N3O/c1-6-2-8(14)9(3-7(6)13)18-12(19)10-4-16-5-11(15)17-10/h2-5H,1H3,(H,18,19). The Morgan fingerprint density at radius 2 is 1.89 bits per heavy atom. The quantitative estimate of drug-likeness (QED) is 0.911. The lowest BCUT2D eigenvalue weighted by molar-refractivity contribution is 0.102. The molecule has 0 atom stereocenters. The molecule has 1 N–H and O–H groups in total. The summed E-state index contributed by atoms with van der Waals surface area (Å²) in [5, 5.41) is 3.65. The van der Waals surface area contributed by atoms with Crippen LogP contribution >= 0.6 is 34.8 Å². The highest BCUT2D eigenvalue weighted by molar-refractivity contribution is 6.36. The molecule has 1 amide bonds. The number of hydrogen-bond acceptors (Lipinski definition) is 3. The molecular formula is C12H8Cl3N3O. The van der Waals surface area contributed by atoms with Crippen molar-refractivity contribution in [2.45, 2.75) is 6.92 Å². The molecule has 0 aliphatic rings. The van der Waals surface area contributed by atoms with Gasteiger partial charge in [-0.25, -0.2) is 4.98 Å². The number of aromatic nitrogens is 2. The number of benzene rings is 1. The molecule has 1 aromatic heterocycles. The Kier molecular flexibility index (Phi) is 4.24. The van der Waals surface area contributed by atoms with Crippen LogP contribution < -0.4 is 5.32 Å². The van der Waals surface area contributed by atoms with Crippen LogP contribution in [-0.4, -0.2) is 15.9 Å². The second kappa shape index (κ2) is 5.74. The summed E-state index contributed by atoms with van der Waals surface area (Å²) in [6.45, 7) is 1.82. The molecule has 7 heteroatoms. The van der Waals surface area contributed by atoms with Gasteiger partial charge < -0.3 is 5.32 Å². The maximum atomic E-state index is 11.9. The Balaban J connectivity index is 2.27. The minimum atomic E-state index is -0.461. The fraction of sp³-hybridized carbons (Fsp3) is 0.0833. The number of anilines is 1. The van der Waals surface area contributed by atoms with Gasteiger partial charge in [-0.05, 0) is 24.6 Å². The van der Waals surface area contributed by atoms with Crippen LogP contribution in [0.5, 0.6) is 0 Å². The van der Waals surface area contributed by atoms with E-state index >= 15 is 0 Å². The van der Waals surface area contributed by atoms with Crippen LogP contribution in [0.25, 0.3) is 0 Å². The summed E-state index contributed by atoms with van der Waals surface area (Å²) in [6, 6.07) is 3.25. The lowest BCUT2D eigenvalue weighted by atomic mass is 10.2. The molecule has 2 aromatic rings. The van der Waals surface area contributed by atoms with Crippen molar-refractivity contribution in [1.82, 2.24) is 9.97 Å². The summed E-state index contributed by atoms with van der Waals surface area (Å²) >= 11 is 17.7. The predicted molar refractivity (Wildman–Crippen MR) is 76.2 cm³/mol. The summed E-state index contributed by atoms with van der Waals surface area (Å²) in [5.74, 6) is -0.461. The van der Waals surface area contributed by atoms with E-state index in [1.807, 2.05) is 6.92 Å². The van der Waals surface area contributed by atoms with Crippen LogP contribution in [0.4, 0.5) is 5.69 Å². The number of aryl methyl sites for hydroxylation is 1. The number of carbonyl (C=O) groups is 1. The Bertz CT molecular complexity index is 646. The van der Waals surface area contributed by atoms with Crippen LogP contribution in [0, 0.1) is 6.92 Å². The number of nitrogens with zero attached hydrogens (tertiary/aromatic N) is 2. The first-order valence-electron chi connectivity index (χ1n) is 5.22. The summed E-state index contributed by atoms with van der Waals surface area (Å²) in [5.41, 5.74) is 1.33. The van der Waals surface area contributed by atoms with Crippen LogP contribution in [-0.2, 0) is 0 Å². The molecule has 1 heterocycles. The molecule has 0 aliphatic heterocycles.